The van der Waals surface area contributed by atoms with Crippen molar-refractivity contribution in [2.75, 3.05) is 10.6 Å². The van der Waals surface area contributed by atoms with E-state index in [9.17, 15) is 4.79 Å². The lowest BCUT2D eigenvalue weighted by Gasteiger charge is -2.07. The SMILES string of the molecule is CC(=O)Nc1ccc(NCc2coc3ccccc23)cc1. The number of hydrogen-bond donors (Lipinski definition) is 2. The summed E-state index contributed by atoms with van der Waals surface area (Å²) in [5, 5.41) is 7.22. The van der Waals surface area contributed by atoms with Crippen molar-refractivity contribution >= 4 is 28.3 Å². The Balaban J connectivity index is 1.68. The van der Waals surface area contributed by atoms with E-state index in [-0.39, 0.29) is 5.91 Å². The summed E-state index contributed by atoms with van der Waals surface area (Å²) in [4.78, 5) is 11.0. The Hall–Kier alpha value is -2.75. The van der Waals surface area contributed by atoms with Gasteiger partial charge >= 0.3 is 0 Å². The highest BCUT2D eigenvalue weighted by atomic mass is 16.3. The first-order chi connectivity index (χ1) is 10.2. The van der Waals surface area contributed by atoms with Crippen molar-refractivity contribution in [3.8, 4) is 0 Å². The van der Waals surface area contributed by atoms with Gasteiger partial charge in [-0.1, -0.05) is 18.2 Å². The summed E-state index contributed by atoms with van der Waals surface area (Å²) in [7, 11) is 0. The molecule has 3 rings (SSSR count). The number of nitrogens with one attached hydrogen (secondary N) is 2. The minimum Gasteiger partial charge on any atom is -0.464 e. The fraction of sp³-hybridized carbons (Fsp3) is 0.118. The monoisotopic (exact) mass is 280 g/mol. The van der Waals surface area contributed by atoms with Gasteiger partial charge in [-0.25, -0.2) is 0 Å². The van der Waals surface area contributed by atoms with Crippen molar-refractivity contribution in [3.63, 3.8) is 0 Å². The van der Waals surface area contributed by atoms with Gasteiger partial charge in [-0.2, -0.15) is 0 Å². The maximum absolute atomic E-state index is 11.0. The van der Waals surface area contributed by atoms with E-state index in [4.69, 9.17) is 4.42 Å². The second-order valence-corrected chi connectivity index (χ2v) is 4.87. The molecule has 0 aliphatic carbocycles. The summed E-state index contributed by atoms with van der Waals surface area (Å²) >= 11 is 0. The Labute approximate surface area is 122 Å². The first-order valence-electron chi connectivity index (χ1n) is 6.79. The molecule has 0 radical (unpaired) electrons. The molecular formula is C17H16N2O2. The largest absolute Gasteiger partial charge is 0.464 e. The van der Waals surface area contributed by atoms with Gasteiger partial charge in [-0.15, -0.1) is 0 Å². The maximum Gasteiger partial charge on any atom is 0.221 e. The first kappa shape index (κ1) is 13.2. The van der Waals surface area contributed by atoms with Crippen molar-refractivity contribution in [2.24, 2.45) is 0 Å². The summed E-state index contributed by atoms with van der Waals surface area (Å²) in [6.07, 6.45) is 1.78. The Morgan fingerprint density at radius 2 is 1.76 bits per heavy atom. The molecule has 0 fully saturated rings. The predicted molar refractivity (Wildman–Crippen MR) is 84.3 cm³/mol. The van der Waals surface area contributed by atoms with Gasteiger partial charge in [0.2, 0.25) is 5.91 Å². The summed E-state index contributed by atoms with van der Waals surface area (Å²) in [6.45, 7) is 2.19. The Bertz CT molecular complexity index is 760. The minimum atomic E-state index is -0.0689. The third-order valence-electron chi connectivity index (χ3n) is 3.25. The van der Waals surface area contributed by atoms with E-state index < -0.39 is 0 Å². The number of furan rings is 1. The minimum absolute atomic E-state index is 0.0689. The van der Waals surface area contributed by atoms with Crippen LogP contribution in [0.2, 0.25) is 0 Å². The highest BCUT2D eigenvalue weighted by molar-refractivity contribution is 5.88. The molecule has 1 heterocycles. The van der Waals surface area contributed by atoms with Gasteiger partial charge in [0.15, 0.2) is 0 Å². The van der Waals surface area contributed by atoms with E-state index in [1.165, 1.54) is 6.92 Å². The number of para-hydroxylation sites is 1. The van der Waals surface area contributed by atoms with Gasteiger partial charge in [0.05, 0.1) is 6.26 Å². The second kappa shape index (κ2) is 5.71. The number of rotatable bonds is 4. The van der Waals surface area contributed by atoms with Crippen molar-refractivity contribution in [1.29, 1.82) is 0 Å². The fourth-order valence-electron chi connectivity index (χ4n) is 2.24. The lowest BCUT2D eigenvalue weighted by Crippen LogP contribution is -2.05. The summed E-state index contributed by atoms with van der Waals surface area (Å²) in [5.41, 5.74) is 3.81. The molecule has 106 valence electrons. The lowest BCUT2D eigenvalue weighted by molar-refractivity contribution is -0.114. The molecule has 0 spiro atoms. The van der Waals surface area contributed by atoms with E-state index >= 15 is 0 Å². The van der Waals surface area contributed by atoms with Gasteiger partial charge in [0.1, 0.15) is 5.58 Å². The number of hydrogen-bond acceptors (Lipinski definition) is 3. The molecule has 2 N–H and O–H groups in total. The quantitative estimate of drug-likeness (QED) is 0.759. The van der Waals surface area contributed by atoms with Crippen LogP contribution in [0.4, 0.5) is 11.4 Å². The topological polar surface area (TPSA) is 54.3 Å². The van der Waals surface area contributed by atoms with Crippen LogP contribution in [0.5, 0.6) is 0 Å². The van der Waals surface area contributed by atoms with Crippen molar-refractivity contribution in [2.45, 2.75) is 13.5 Å². The van der Waals surface area contributed by atoms with Crippen molar-refractivity contribution in [1.82, 2.24) is 0 Å². The van der Waals surface area contributed by atoms with Crippen LogP contribution in [-0.4, -0.2) is 5.91 Å². The lowest BCUT2D eigenvalue weighted by atomic mass is 10.2. The molecule has 0 bridgehead atoms. The molecule has 0 saturated carbocycles. The van der Waals surface area contributed by atoms with Crippen LogP contribution in [0.3, 0.4) is 0 Å². The van der Waals surface area contributed by atoms with Crippen LogP contribution in [-0.2, 0) is 11.3 Å². The van der Waals surface area contributed by atoms with Crippen LogP contribution in [0.1, 0.15) is 12.5 Å². The van der Waals surface area contributed by atoms with Crippen LogP contribution < -0.4 is 10.6 Å². The molecule has 4 heteroatoms. The molecule has 0 aliphatic rings. The smallest absolute Gasteiger partial charge is 0.221 e. The van der Waals surface area contributed by atoms with E-state index in [1.54, 1.807) is 6.26 Å². The Kier molecular flexibility index (Phi) is 3.60. The standard InChI is InChI=1S/C17H16N2O2/c1-12(20)19-15-8-6-14(7-9-15)18-10-13-11-21-17-5-3-2-4-16(13)17/h2-9,11,18H,10H2,1H3,(H,19,20). The highest BCUT2D eigenvalue weighted by Gasteiger charge is 2.04. The third kappa shape index (κ3) is 3.05. The zero-order valence-electron chi connectivity index (χ0n) is 11.7. The molecule has 0 unspecified atom stereocenters. The summed E-state index contributed by atoms with van der Waals surface area (Å²) in [5.74, 6) is -0.0689. The highest BCUT2D eigenvalue weighted by Crippen LogP contribution is 2.22. The number of anilines is 2. The van der Waals surface area contributed by atoms with Crippen LogP contribution >= 0.6 is 0 Å². The van der Waals surface area contributed by atoms with E-state index in [0.717, 1.165) is 27.9 Å². The van der Waals surface area contributed by atoms with E-state index in [0.29, 0.717) is 6.54 Å². The number of fused-ring (bicyclic) bond motifs is 1. The van der Waals surface area contributed by atoms with Crippen LogP contribution in [0.15, 0.2) is 59.2 Å². The van der Waals surface area contributed by atoms with Gasteiger partial charge in [-0.05, 0) is 30.3 Å². The first-order valence-corrected chi connectivity index (χ1v) is 6.79. The maximum atomic E-state index is 11.0. The van der Waals surface area contributed by atoms with Gasteiger partial charge in [-0.3, -0.25) is 4.79 Å². The van der Waals surface area contributed by atoms with Gasteiger partial charge < -0.3 is 15.1 Å². The van der Waals surface area contributed by atoms with Crippen molar-refractivity contribution < 1.29 is 9.21 Å². The summed E-state index contributed by atoms with van der Waals surface area (Å²) < 4.78 is 5.51. The Morgan fingerprint density at radius 1 is 1.05 bits per heavy atom. The molecule has 21 heavy (non-hydrogen) atoms. The fourth-order valence-corrected chi connectivity index (χ4v) is 2.24. The second-order valence-electron chi connectivity index (χ2n) is 4.87. The molecule has 0 aliphatic heterocycles. The molecule has 0 atom stereocenters. The Morgan fingerprint density at radius 3 is 2.52 bits per heavy atom. The van der Waals surface area contributed by atoms with Crippen LogP contribution in [0, 0.1) is 0 Å². The van der Waals surface area contributed by atoms with E-state index in [2.05, 4.69) is 16.7 Å². The molecule has 1 amide bonds. The summed E-state index contributed by atoms with van der Waals surface area (Å²) in [6, 6.07) is 15.6. The number of benzene rings is 2. The average molecular weight is 280 g/mol. The zero-order chi connectivity index (χ0) is 14.7. The molecule has 1 aromatic heterocycles. The van der Waals surface area contributed by atoms with Gasteiger partial charge in [0.25, 0.3) is 0 Å². The molecule has 0 saturated heterocycles. The van der Waals surface area contributed by atoms with Gasteiger partial charge in [0, 0.05) is 35.8 Å². The average Bonchev–Trinajstić information content (AvgIpc) is 2.89. The van der Waals surface area contributed by atoms with Crippen molar-refractivity contribution in [3.05, 3.63) is 60.4 Å². The van der Waals surface area contributed by atoms with Crippen LogP contribution in [0.25, 0.3) is 11.0 Å². The molecule has 4 nitrogen and oxygen atoms in total. The third-order valence-corrected chi connectivity index (χ3v) is 3.25. The zero-order valence-corrected chi connectivity index (χ0v) is 11.7. The number of amides is 1. The predicted octanol–water partition coefficient (Wildman–Crippen LogP) is 4.00. The molecule has 3 aromatic rings. The number of carbonyl (C=O) groups excluding carboxylic acids is 1. The number of carbonyl (C=O) groups is 1. The van der Waals surface area contributed by atoms with E-state index in [1.807, 2.05) is 42.5 Å². The molecule has 2 aromatic carbocycles. The normalized spacial score (nSPS) is 10.5. The molecular weight excluding hydrogens is 264 g/mol.